The molecule has 1 unspecified atom stereocenters. The van der Waals surface area contributed by atoms with Crippen LogP contribution >= 0.6 is 23.5 Å². The number of carboxylic acid groups (broad SMARTS) is 1. The molecule has 0 saturated carbocycles. The molecule has 21 N–H and O–H groups in total. The zero-order valence-corrected chi connectivity index (χ0v) is 65.6. The van der Waals surface area contributed by atoms with Crippen molar-refractivity contribution in [3.05, 3.63) is 72.1 Å². The van der Waals surface area contributed by atoms with Crippen molar-refractivity contribution in [1.29, 1.82) is 0 Å². The van der Waals surface area contributed by atoms with Crippen LogP contribution in [0.1, 0.15) is 97.1 Å². The van der Waals surface area contributed by atoms with Crippen molar-refractivity contribution in [1.82, 2.24) is 88.5 Å². The van der Waals surface area contributed by atoms with Gasteiger partial charge in [-0.3, -0.25) is 82.0 Å². The Morgan fingerprint density at radius 1 is 0.588 bits per heavy atom. The summed E-state index contributed by atoms with van der Waals surface area (Å²) in [7, 11) is 0. The van der Waals surface area contributed by atoms with Gasteiger partial charge in [0.15, 0.2) is 5.72 Å². The molecule has 2 aromatic carbocycles. The number of carbonyl (C=O) groups excluding carboxylic acids is 15. The first-order valence-corrected chi connectivity index (χ1v) is 40.3. The molecule has 5 fully saturated rings. The molecule has 40 heteroatoms. The van der Waals surface area contributed by atoms with Gasteiger partial charge in [-0.15, -0.1) is 0 Å². The van der Waals surface area contributed by atoms with E-state index in [0.717, 1.165) is 23.5 Å². The molecule has 620 valence electrons. The van der Waals surface area contributed by atoms with Crippen LogP contribution in [0.3, 0.4) is 0 Å². The van der Waals surface area contributed by atoms with Gasteiger partial charge in [-0.25, -0.2) is 0 Å². The summed E-state index contributed by atoms with van der Waals surface area (Å²) in [6.45, 7) is 4.51. The predicted molar refractivity (Wildman–Crippen MR) is 416 cm³/mol. The third-order valence-electron chi connectivity index (χ3n) is 20.5. The first kappa shape index (κ1) is 87.5. The van der Waals surface area contributed by atoms with Crippen LogP contribution in [0.2, 0.25) is 0 Å². The van der Waals surface area contributed by atoms with Gasteiger partial charge in [0.1, 0.15) is 66.5 Å². The molecule has 6 bridgehead atoms. The Kier molecular flexibility index (Phi) is 30.8. The summed E-state index contributed by atoms with van der Waals surface area (Å²) >= 11 is 2.10. The molecule has 5 aliphatic rings. The maximum atomic E-state index is 15.5. The number of fused-ring (bicyclic) bond motifs is 10. The van der Waals surface area contributed by atoms with Crippen molar-refractivity contribution in [2.45, 2.75) is 183 Å². The van der Waals surface area contributed by atoms with Crippen molar-refractivity contribution in [3.63, 3.8) is 0 Å². The lowest BCUT2D eigenvalue weighted by Gasteiger charge is -2.36. The topological polar surface area (TPSA) is 572 Å². The average molecular weight is 1630 g/mol. The summed E-state index contributed by atoms with van der Waals surface area (Å²) in [5, 5.41) is 66.9. The van der Waals surface area contributed by atoms with Crippen LogP contribution in [0.4, 0.5) is 0 Å². The van der Waals surface area contributed by atoms with E-state index in [0.29, 0.717) is 39.4 Å². The molecule has 0 aliphatic carbocycles. The lowest BCUT2D eigenvalue weighted by atomic mass is 9.97. The number of thioether (sulfide) groups is 2. The summed E-state index contributed by atoms with van der Waals surface area (Å²) in [6, 6.07) is -4.24. The number of hydrogen-bond donors (Lipinski definition) is 19. The van der Waals surface area contributed by atoms with Crippen molar-refractivity contribution < 1.29 is 92.0 Å². The number of nitrogens with zero attached hydrogens (tertiary/aromatic N) is 3. The summed E-state index contributed by atoms with van der Waals surface area (Å²) in [4.78, 5) is 239. The van der Waals surface area contributed by atoms with Gasteiger partial charge in [-0.05, 0) is 74.1 Å². The maximum Gasteiger partial charge on any atom is 0.305 e. The van der Waals surface area contributed by atoms with E-state index in [1.54, 1.807) is 74.8 Å². The van der Waals surface area contributed by atoms with E-state index in [1.165, 1.54) is 35.5 Å². The third kappa shape index (κ3) is 23.4. The molecule has 38 nitrogen and oxygen atoms in total. The third-order valence-corrected chi connectivity index (χ3v) is 22.7. The lowest BCUT2D eigenvalue weighted by Crippen LogP contribution is -2.66. The number of amides is 15. The molecule has 7 heterocycles. The van der Waals surface area contributed by atoms with Crippen molar-refractivity contribution in [2.75, 3.05) is 68.8 Å². The summed E-state index contributed by atoms with van der Waals surface area (Å²) in [5.74, 6) is -17.2. The summed E-state index contributed by atoms with van der Waals surface area (Å²) < 4.78 is 0. The maximum absolute atomic E-state index is 15.5. The van der Waals surface area contributed by atoms with Gasteiger partial charge in [0.05, 0.1) is 38.2 Å². The van der Waals surface area contributed by atoms with Gasteiger partial charge < -0.3 is 110 Å². The smallest absolute Gasteiger partial charge is 0.305 e. The van der Waals surface area contributed by atoms with Crippen LogP contribution in [0, 0.1) is 11.8 Å². The Balaban J connectivity index is 1.08. The number of aliphatic carboxylic acids is 1. The minimum absolute atomic E-state index is 0.00255. The lowest BCUT2D eigenvalue weighted by molar-refractivity contribution is -0.143. The molecule has 14 atom stereocenters. The molecule has 5 saturated heterocycles. The van der Waals surface area contributed by atoms with Gasteiger partial charge in [0.2, 0.25) is 88.6 Å². The van der Waals surface area contributed by atoms with E-state index in [-0.39, 0.29) is 94.0 Å². The minimum Gasteiger partial charge on any atom is -0.481 e. The number of nitrogens with two attached hydrogens (primary N) is 2. The molecule has 0 radical (unpaired) electrons. The highest BCUT2D eigenvalue weighted by Gasteiger charge is 2.45. The molecule has 5 aliphatic heterocycles. The van der Waals surface area contributed by atoms with Crippen LogP contribution in [0.15, 0.2) is 60.9 Å². The standard InChI is InChI=1S/C74H103N19O19S2/c1-37(2)59-71(109)84-49(28-58(98)99)64(102)79-32-55(95)81-47(26-40-29-77-44-14-8-6-12-42(40)44)66(104)89-60(38(3)4)73(111)93-21-11-17-53(93)70(108)86-51(62(76)100)33-113-24-19-56(96)91-22-23-92-36-74(112,35-91)80-31-50(68(106)83-48(67(105)88-59)27-41-30-78-45-15-9-7-13-43(41)45)85-65(103)46-16-10-18-54(94)61(72(110)82-46)90-69(107)52(87-63(101)39(5)75)34-114-25-20-57(92)97/h6-9,12-15,29-30,37-39,46-54,59-61,77-78,80,94,112H,10-11,16-28,31-36,75H2,1-5H3,(H2,76,100)(H,79,102)(H,81,95)(H,82,110)(H,83,106)(H,84,109)(H,85,103)(H,86,108)(H,87,101)(H,88,105)(H,89,104)(H,90,107)(H,98,99)/t39-,46-,47-,48-,49-,50-,51-,52-,53-,54+,59-,60-,61-,74?/m0/s1. The first-order valence-electron chi connectivity index (χ1n) is 38.0. The van der Waals surface area contributed by atoms with Crippen molar-refractivity contribution in [3.8, 4) is 0 Å². The van der Waals surface area contributed by atoms with Gasteiger partial charge in [0.25, 0.3) is 0 Å². The van der Waals surface area contributed by atoms with E-state index in [4.69, 9.17) is 11.5 Å². The van der Waals surface area contributed by atoms with Crippen LogP contribution in [0.25, 0.3) is 21.8 Å². The fraction of sp³-hybridized carbons (Fsp3) is 0.568. The summed E-state index contributed by atoms with van der Waals surface area (Å²) in [5.41, 5.74) is 11.6. The second kappa shape index (κ2) is 40.0. The molecule has 0 spiro atoms. The number of aromatic amines is 2. The highest BCUT2D eigenvalue weighted by Crippen LogP contribution is 2.26. The highest BCUT2D eigenvalue weighted by molar-refractivity contribution is 7.99. The van der Waals surface area contributed by atoms with Gasteiger partial charge in [-0.1, -0.05) is 64.1 Å². The molecule has 15 amide bonds. The molecular weight excluding hydrogens is 1520 g/mol. The van der Waals surface area contributed by atoms with E-state index in [2.05, 4.69) is 73.8 Å². The molecule has 114 heavy (non-hydrogen) atoms. The van der Waals surface area contributed by atoms with E-state index in [9.17, 15) is 82.4 Å². The van der Waals surface area contributed by atoms with Crippen molar-refractivity contribution >= 4 is 140 Å². The number of primary amides is 1. The molecular formula is C74H103N19O19S2. The Morgan fingerprint density at radius 2 is 1.14 bits per heavy atom. The number of aliphatic hydroxyl groups excluding tert-OH is 1. The van der Waals surface area contributed by atoms with Crippen molar-refractivity contribution in [2.24, 2.45) is 23.3 Å². The Bertz CT molecular complexity index is 4250. The van der Waals surface area contributed by atoms with Crippen LogP contribution in [-0.4, -0.2) is 288 Å². The highest BCUT2D eigenvalue weighted by atomic mass is 32.2. The number of aromatic nitrogens is 2. The number of para-hydroxylation sites is 2. The largest absolute Gasteiger partial charge is 0.481 e. The van der Waals surface area contributed by atoms with Gasteiger partial charge in [-0.2, -0.15) is 23.5 Å². The number of carbonyl (C=O) groups is 16. The number of H-pyrrole nitrogens is 2. The minimum atomic E-state index is -2.37. The number of hydrogen-bond acceptors (Lipinski definition) is 22. The second-order valence-electron chi connectivity index (χ2n) is 29.9. The van der Waals surface area contributed by atoms with Gasteiger partial charge in [0, 0.05) is 109 Å². The monoisotopic (exact) mass is 1630 g/mol. The Morgan fingerprint density at radius 3 is 1.72 bits per heavy atom. The molecule has 2 aromatic heterocycles. The van der Waals surface area contributed by atoms with E-state index in [1.807, 2.05) is 0 Å². The van der Waals surface area contributed by atoms with Crippen LogP contribution < -0.4 is 75.3 Å². The molecule has 4 aromatic rings. The first-order chi connectivity index (χ1) is 54.2. The predicted octanol–water partition coefficient (Wildman–Crippen LogP) is -5.22. The zero-order valence-electron chi connectivity index (χ0n) is 64.0. The second-order valence-corrected chi connectivity index (χ2v) is 32.2. The number of benzene rings is 2. The van der Waals surface area contributed by atoms with Crippen LogP contribution in [0.5, 0.6) is 0 Å². The Labute approximate surface area is 664 Å². The average Bonchev–Trinajstić information content (AvgIpc) is 1.62. The number of aliphatic hydroxyl groups is 2. The van der Waals surface area contributed by atoms with E-state index >= 15 is 9.59 Å². The SMILES string of the molecule is CC(C)[C@@H]1NC(=O)[C@H](Cc2c[nH]c3ccccc23)NC(=O)[C@@H]2CNC3(O)CN(CCN(C3)C(=O)CCSC[C@H](NC(=O)[C@H](C)N)C(=O)N[C@@H]3C(=O)N[C@@H](CCC[C@H]3O)C(=O)N2)C(=O)CCSC[C@@H](C(N)=O)NC(=O)[C@@H]2CCCN2C(=O)[C@H](C(C)C)NC(=O)[C@H](Cc2c[nH]c3ccccc23)NC(=O)CNC(=O)[C@H](CC(=O)O)NC1=O. The molecule has 9 rings (SSSR count). The Hall–Kier alpha value is -10.4. The number of carboxylic acids is 1. The fourth-order valence-corrected chi connectivity index (χ4v) is 16.1. The van der Waals surface area contributed by atoms with E-state index < -0.39 is 223 Å². The number of nitrogens with one attached hydrogen (secondary N) is 14. The van der Waals surface area contributed by atoms with Crippen LogP contribution in [-0.2, 0) is 89.6 Å². The zero-order chi connectivity index (χ0) is 82.8. The fourth-order valence-electron chi connectivity index (χ4n) is 14.1. The summed E-state index contributed by atoms with van der Waals surface area (Å²) in [6.07, 6.45) is -0.322. The number of rotatable bonds is 11. The normalized spacial score (nSPS) is 28.1. The quantitative estimate of drug-likeness (QED) is 0.0667. The van der Waals surface area contributed by atoms with Gasteiger partial charge >= 0.3 is 5.97 Å².